The number of para-hydroxylation sites is 1. The van der Waals surface area contributed by atoms with E-state index in [2.05, 4.69) is 32.8 Å². The van der Waals surface area contributed by atoms with Crippen LogP contribution in [0.25, 0.3) is 10.9 Å². The van der Waals surface area contributed by atoms with E-state index in [0.717, 1.165) is 42.8 Å². The summed E-state index contributed by atoms with van der Waals surface area (Å²) >= 11 is 1.79. The minimum absolute atomic E-state index is 0.882. The largest absolute Gasteiger partial charge is 0.496 e. The zero-order chi connectivity index (χ0) is 13.1. The van der Waals surface area contributed by atoms with Crippen LogP contribution in [-0.2, 0) is 0 Å². The van der Waals surface area contributed by atoms with Gasteiger partial charge in [-0.2, -0.15) is 0 Å². The molecule has 0 spiro atoms. The average molecular weight is 275 g/mol. The highest BCUT2D eigenvalue weighted by Crippen LogP contribution is 2.32. The molecule has 5 heteroatoms. The lowest BCUT2D eigenvalue weighted by atomic mass is 10.2. The number of hydrogen-bond donors (Lipinski definition) is 1. The Morgan fingerprint density at radius 2 is 2.11 bits per heavy atom. The summed E-state index contributed by atoms with van der Waals surface area (Å²) in [5, 5.41) is 4.44. The monoisotopic (exact) mass is 275 g/mol. The van der Waals surface area contributed by atoms with E-state index in [1.807, 2.05) is 12.3 Å². The Hall–Kier alpha value is -1.30. The maximum absolute atomic E-state index is 5.40. The first-order valence-corrected chi connectivity index (χ1v) is 7.21. The molecule has 4 nitrogen and oxygen atoms in total. The number of aromatic nitrogens is 1. The van der Waals surface area contributed by atoms with E-state index < -0.39 is 0 Å². The number of piperazine rings is 1. The second-order valence-corrected chi connectivity index (χ2v) is 5.57. The van der Waals surface area contributed by atoms with E-state index in [-0.39, 0.29) is 0 Å². The Morgan fingerprint density at radius 1 is 1.26 bits per heavy atom. The average Bonchev–Trinajstić information content (AvgIpc) is 2.48. The molecule has 0 aliphatic carbocycles. The Bertz CT molecular complexity index is 570. The van der Waals surface area contributed by atoms with Crippen molar-refractivity contribution >= 4 is 22.9 Å². The number of rotatable bonds is 3. The minimum Gasteiger partial charge on any atom is -0.496 e. The van der Waals surface area contributed by atoms with Gasteiger partial charge in [-0.05, 0) is 30.1 Å². The maximum Gasteiger partial charge on any atom is 0.129 e. The molecule has 1 aromatic heterocycles. The molecule has 1 aromatic carbocycles. The molecule has 1 aliphatic heterocycles. The molecule has 3 rings (SSSR count). The van der Waals surface area contributed by atoms with Crippen molar-refractivity contribution < 1.29 is 4.74 Å². The highest BCUT2D eigenvalue weighted by atomic mass is 32.2. The molecule has 2 aromatic rings. The summed E-state index contributed by atoms with van der Waals surface area (Å²) in [4.78, 5) is 5.71. The normalized spacial score (nSPS) is 16.7. The summed E-state index contributed by atoms with van der Waals surface area (Å²) in [6.07, 6.45) is 1.81. The van der Waals surface area contributed by atoms with E-state index in [1.54, 1.807) is 19.1 Å². The Morgan fingerprint density at radius 3 is 2.89 bits per heavy atom. The number of nitrogens with one attached hydrogen (secondary N) is 1. The van der Waals surface area contributed by atoms with Crippen LogP contribution >= 0.6 is 11.9 Å². The lowest BCUT2D eigenvalue weighted by Gasteiger charge is -2.26. The van der Waals surface area contributed by atoms with Crippen molar-refractivity contribution in [1.29, 1.82) is 0 Å². The summed E-state index contributed by atoms with van der Waals surface area (Å²) in [5.74, 6) is 0.882. The van der Waals surface area contributed by atoms with Crippen molar-refractivity contribution in [3.8, 4) is 5.75 Å². The van der Waals surface area contributed by atoms with E-state index in [9.17, 15) is 0 Å². The molecule has 1 fully saturated rings. The first-order valence-electron chi connectivity index (χ1n) is 6.44. The predicted molar refractivity (Wildman–Crippen MR) is 78.6 cm³/mol. The predicted octanol–water partition coefficient (Wildman–Crippen LogP) is 2.16. The van der Waals surface area contributed by atoms with Gasteiger partial charge in [0, 0.05) is 42.7 Å². The smallest absolute Gasteiger partial charge is 0.129 e. The van der Waals surface area contributed by atoms with E-state index in [1.165, 1.54) is 4.90 Å². The van der Waals surface area contributed by atoms with Gasteiger partial charge in [-0.3, -0.25) is 4.98 Å². The van der Waals surface area contributed by atoms with Crippen LogP contribution in [0.4, 0.5) is 0 Å². The molecule has 1 aliphatic rings. The van der Waals surface area contributed by atoms with Crippen LogP contribution in [0, 0.1) is 0 Å². The second-order valence-electron chi connectivity index (χ2n) is 4.44. The van der Waals surface area contributed by atoms with Crippen molar-refractivity contribution in [1.82, 2.24) is 14.6 Å². The van der Waals surface area contributed by atoms with Gasteiger partial charge in [-0.1, -0.05) is 6.07 Å². The molecule has 100 valence electrons. The van der Waals surface area contributed by atoms with Crippen LogP contribution in [0.1, 0.15) is 0 Å². The topological polar surface area (TPSA) is 37.4 Å². The molecular formula is C14H17N3OS. The van der Waals surface area contributed by atoms with Crippen LogP contribution in [0.5, 0.6) is 5.75 Å². The summed E-state index contributed by atoms with van der Waals surface area (Å²) in [7, 11) is 1.70. The van der Waals surface area contributed by atoms with Crippen LogP contribution in [0.15, 0.2) is 35.4 Å². The number of pyridine rings is 1. The third-order valence-electron chi connectivity index (χ3n) is 3.22. The molecule has 2 heterocycles. The molecule has 0 bridgehead atoms. The van der Waals surface area contributed by atoms with Crippen molar-refractivity contribution in [2.24, 2.45) is 0 Å². The SMILES string of the molecule is COc1ccnc2c(SN3CCNCC3)cccc12. The number of methoxy groups -OCH3 is 1. The van der Waals surface area contributed by atoms with Crippen molar-refractivity contribution in [3.63, 3.8) is 0 Å². The first-order chi connectivity index (χ1) is 9.38. The van der Waals surface area contributed by atoms with Gasteiger partial charge < -0.3 is 10.1 Å². The Labute approximate surface area is 117 Å². The quantitative estimate of drug-likeness (QED) is 0.869. The molecule has 1 saturated heterocycles. The van der Waals surface area contributed by atoms with E-state index in [0.29, 0.717) is 0 Å². The Kier molecular flexibility index (Phi) is 3.87. The summed E-state index contributed by atoms with van der Waals surface area (Å²) < 4.78 is 7.78. The van der Waals surface area contributed by atoms with Gasteiger partial charge in [0.1, 0.15) is 5.75 Å². The van der Waals surface area contributed by atoms with Gasteiger partial charge >= 0.3 is 0 Å². The lowest BCUT2D eigenvalue weighted by Crippen LogP contribution is -2.39. The molecule has 0 atom stereocenters. The highest BCUT2D eigenvalue weighted by Gasteiger charge is 2.14. The van der Waals surface area contributed by atoms with Crippen molar-refractivity contribution in [3.05, 3.63) is 30.5 Å². The number of hydrogen-bond acceptors (Lipinski definition) is 5. The van der Waals surface area contributed by atoms with Gasteiger partial charge in [0.05, 0.1) is 12.6 Å². The van der Waals surface area contributed by atoms with Crippen molar-refractivity contribution in [2.45, 2.75) is 4.90 Å². The summed E-state index contributed by atoms with van der Waals surface area (Å²) in [6, 6.07) is 8.16. The Balaban J connectivity index is 1.94. The fraction of sp³-hybridized carbons (Fsp3) is 0.357. The third kappa shape index (κ3) is 2.68. The third-order valence-corrected chi connectivity index (χ3v) is 4.37. The number of benzene rings is 1. The fourth-order valence-corrected chi connectivity index (χ4v) is 3.28. The first kappa shape index (κ1) is 12.7. The molecule has 1 N–H and O–H groups in total. The van der Waals surface area contributed by atoms with E-state index >= 15 is 0 Å². The van der Waals surface area contributed by atoms with Crippen LogP contribution in [0.2, 0.25) is 0 Å². The molecule has 19 heavy (non-hydrogen) atoms. The number of ether oxygens (including phenoxy) is 1. The van der Waals surface area contributed by atoms with Gasteiger partial charge in [0.15, 0.2) is 0 Å². The van der Waals surface area contributed by atoms with Gasteiger partial charge in [-0.15, -0.1) is 0 Å². The molecule has 0 unspecified atom stereocenters. The van der Waals surface area contributed by atoms with Crippen LogP contribution < -0.4 is 10.1 Å². The molecular weight excluding hydrogens is 258 g/mol. The highest BCUT2D eigenvalue weighted by molar-refractivity contribution is 7.97. The van der Waals surface area contributed by atoms with Gasteiger partial charge in [0.2, 0.25) is 0 Å². The summed E-state index contributed by atoms with van der Waals surface area (Å²) in [6.45, 7) is 4.22. The minimum atomic E-state index is 0.882. The molecule has 0 amide bonds. The maximum atomic E-state index is 5.40. The van der Waals surface area contributed by atoms with Crippen LogP contribution in [-0.4, -0.2) is 42.6 Å². The standard InChI is InChI=1S/C14H17N3OS/c1-18-12-5-6-16-14-11(12)3-2-4-13(14)19-17-9-7-15-8-10-17/h2-6,15H,7-10H2,1H3. The van der Waals surface area contributed by atoms with Crippen LogP contribution in [0.3, 0.4) is 0 Å². The number of nitrogens with zero attached hydrogens (tertiary/aromatic N) is 2. The zero-order valence-electron chi connectivity index (χ0n) is 10.9. The summed E-state index contributed by atoms with van der Waals surface area (Å²) in [5.41, 5.74) is 1.02. The van der Waals surface area contributed by atoms with E-state index in [4.69, 9.17) is 4.74 Å². The second kappa shape index (κ2) is 5.77. The fourth-order valence-electron chi connectivity index (χ4n) is 2.25. The zero-order valence-corrected chi connectivity index (χ0v) is 11.7. The number of fused-ring (bicyclic) bond motifs is 1. The lowest BCUT2D eigenvalue weighted by molar-refractivity contribution is 0.396. The molecule has 0 radical (unpaired) electrons. The molecule has 0 saturated carbocycles. The van der Waals surface area contributed by atoms with Gasteiger partial charge in [0.25, 0.3) is 0 Å². The van der Waals surface area contributed by atoms with Gasteiger partial charge in [-0.25, -0.2) is 4.31 Å². The van der Waals surface area contributed by atoms with Crippen molar-refractivity contribution in [2.75, 3.05) is 33.3 Å².